The minimum atomic E-state index is -0.302. The van der Waals surface area contributed by atoms with Crippen LogP contribution >= 0.6 is 0 Å². The van der Waals surface area contributed by atoms with Crippen LogP contribution in [0.4, 0.5) is 11.4 Å². The maximum absolute atomic E-state index is 12.1. The van der Waals surface area contributed by atoms with Gasteiger partial charge in [0.1, 0.15) is 0 Å². The predicted molar refractivity (Wildman–Crippen MR) is 106 cm³/mol. The number of rotatable bonds is 9. The Kier molecular flexibility index (Phi) is 7.67. The van der Waals surface area contributed by atoms with Gasteiger partial charge in [-0.3, -0.25) is 9.59 Å². The van der Waals surface area contributed by atoms with Gasteiger partial charge in [0.2, 0.25) is 5.91 Å². The summed E-state index contributed by atoms with van der Waals surface area (Å²) >= 11 is 0. The standard InChI is InChI=1S/C21H26N2O4/c1-15(2)11-12-20(24)22-16-7-6-8-17(13-16)23-21(25)14-27-19-10-5-4-9-18(19)26-3/h4-10,13,15H,11-12,14H2,1-3H3,(H,22,24)(H,23,25). The summed E-state index contributed by atoms with van der Waals surface area (Å²) in [5.41, 5.74) is 1.23. The zero-order valence-electron chi connectivity index (χ0n) is 16.0. The number of benzene rings is 2. The molecular weight excluding hydrogens is 344 g/mol. The molecule has 0 aliphatic carbocycles. The van der Waals surface area contributed by atoms with E-state index in [0.717, 1.165) is 6.42 Å². The number of carbonyl (C=O) groups excluding carboxylic acids is 2. The van der Waals surface area contributed by atoms with Gasteiger partial charge < -0.3 is 20.1 Å². The number of anilines is 2. The SMILES string of the molecule is COc1ccccc1OCC(=O)Nc1cccc(NC(=O)CCC(C)C)c1. The molecular formula is C21H26N2O4. The highest BCUT2D eigenvalue weighted by Gasteiger charge is 2.09. The van der Waals surface area contributed by atoms with Crippen molar-refractivity contribution in [2.24, 2.45) is 5.92 Å². The molecule has 2 N–H and O–H groups in total. The van der Waals surface area contributed by atoms with E-state index in [1.807, 2.05) is 6.07 Å². The van der Waals surface area contributed by atoms with E-state index in [2.05, 4.69) is 24.5 Å². The Morgan fingerprint density at radius 1 is 0.926 bits per heavy atom. The molecule has 0 aliphatic heterocycles. The number of methoxy groups -OCH3 is 1. The van der Waals surface area contributed by atoms with Gasteiger partial charge in [0.05, 0.1) is 7.11 Å². The van der Waals surface area contributed by atoms with Gasteiger partial charge in [-0.1, -0.05) is 32.0 Å². The van der Waals surface area contributed by atoms with Crippen molar-refractivity contribution in [2.75, 3.05) is 24.4 Å². The third-order valence-electron chi connectivity index (χ3n) is 3.81. The summed E-state index contributed by atoms with van der Waals surface area (Å²) in [5, 5.41) is 5.60. The van der Waals surface area contributed by atoms with Gasteiger partial charge in [-0.25, -0.2) is 0 Å². The molecule has 2 amide bonds. The molecule has 2 rings (SSSR count). The second kappa shape index (κ2) is 10.2. The number of para-hydroxylation sites is 2. The molecule has 2 aromatic carbocycles. The molecule has 0 bridgehead atoms. The first-order valence-corrected chi connectivity index (χ1v) is 8.93. The van der Waals surface area contributed by atoms with Crippen LogP contribution in [0.3, 0.4) is 0 Å². The van der Waals surface area contributed by atoms with Crippen molar-refractivity contribution in [3.63, 3.8) is 0 Å². The Morgan fingerprint density at radius 3 is 2.19 bits per heavy atom. The lowest BCUT2D eigenvalue weighted by molar-refractivity contribution is -0.118. The van der Waals surface area contributed by atoms with E-state index < -0.39 is 0 Å². The van der Waals surface area contributed by atoms with Crippen LogP contribution < -0.4 is 20.1 Å². The van der Waals surface area contributed by atoms with Crippen LogP contribution in [0, 0.1) is 5.92 Å². The molecule has 6 nitrogen and oxygen atoms in total. The maximum Gasteiger partial charge on any atom is 0.262 e. The molecule has 27 heavy (non-hydrogen) atoms. The first kappa shape index (κ1) is 20.3. The molecule has 2 aromatic rings. The smallest absolute Gasteiger partial charge is 0.262 e. The monoisotopic (exact) mass is 370 g/mol. The number of hydrogen-bond acceptors (Lipinski definition) is 4. The van der Waals surface area contributed by atoms with Crippen LogP contribution in [0.2, 0.25) is 0 Å². The molecule has 0 aromatic heterocycles. The summed E-state index contributed by atoms with van der Waals surface area (Å²) in [7, 11) is 1.54. The molecule has 144 valence electrons. The van der Waals surface area contributed by atoms with Crippen molar-refractivity contribution < 1.29 is 19.1 Å². The van der Waals surface area contributed by atoms with Gasteiger partial charge in [-0.05, 0) is 42.7 Å². The molecule has 0 spiro atoms. The third-order valence-corrected chi connectivity index (χ3v) is 3.81. The van der Waals surface area contributed by atoms with Crippen LogP contribution in [0.1, 0.15) is 26.7 Å². The van der Waals surface area contributed by atoms with Crippen molar-refractivity contribution in [2.45, 2.75) is 26.7 Å². The largest absolute Gasteiger partial charge is 0.493 e. The molecule has 0 aliphatic rings. The lowest BCUT2D eigenvalue weighted by Crippen LogP contribution is -2.20. The summed E-state index contributed by atoms with van der Waals surface area (Å²) in [6, 6.07) is 14.2. The van der Waals surface area contributed by atoms with E-state index in [4.69, 9.17) is 9.47 Å². The van der Waals surface area contributed by atoms with E-state index >= 15 is 0 Å². The maximum atomic E-state index is 12.1. The van der Waals surface area contributed by atoms with Crippen molar-refractivity contribution >= 4 is 23.2 Å². The first-order chi connectivity index (χ1) is 13.0. The summed E-state index contributed by atoms with van der Waals surface area (Å²) in [4.78, 5) is 24.1. The molecule has 0 fully saturated rings. The summed E-state index contributed by atoms with van der Waals surface area (Å²) in [5.74, 6) is 1.21. The molecule has 0 saturated heterocycles. The second-order valence-electron chi connectivity index (χ2n) is 6.55. The summed E-state index contributed by atoms with van der Waals surface area (Å²) in [6.45, 7) is 4.01. The zero-order chi connectivity index (χ0) is 19.6. The zero-order valence-corrected chi connectivity index (χ0v) is 16.0. The van der Waals surface area contributed by atoms with Crippen LogP contribution in [-0.2, 0) is 9.59 Å². The minimum absolute atomic E-state index is 0.0355. The van der Waals surface area contributed by atoms with E-state index in [9.17, 15) is 9.59 Å². The van der Waals surface area contributed by atoms with E-state index in [1.165, 1.54) is 0 Å². The molecule has 0 saturated carbocycles. The fraction of sp³-hybridized carbons (Fsp3) is 0.333. The Morgan fingerprint density at radius 2 is 1.56 bits per heavy atom. The average molecular weight is 370 g/mol. The highest BCUT2D eigenvalue weighted by atomic mass is 16.5. The lowest BCUT2D eigenvalue weighted by atomic mass is 10.1. The van der Waals surface area contributed by atoms with Gasteiger partial charge in [0, 0.05) is 17.8 Å². The topological polar surface area (TPSA) is 76.7 Å². The number of nitrogens with one attached hydrogen (secondary N) is 2. The number of ether oxygens (including phenoxy) is 2. The van der Waals surface area contributed by atoms with Gasteiger partial charge in [0.15, 0.2) is 18.1 Å². The normalized spacial score (nSPS) is 10.4. The van der Waals surface area contributed by atoms with Crippen molar-refractivity contribution in [1.82, 2.24) is 0 Å². The Balaban J connectivity index is 1.87. The van der Waals surface area contributed by atoms with E-state index in [0.29, 0.717) is 35.2 Å². The molecule has 0 atom stereocenters. The Hall–Kier alpha value is -3.02. The Bertz CT molecular complexity index is 774. The van der Waals surface area contributed by atoms with Gasteiger partial charge in [-0.2, -0.15) is 0 Å². The highest BCUT2D eigenvalue weighted by Crippen LogP contribution is 2.25. The molecule has 6 heteroatoms. The molecule has 0 unspecified atom stereocenters. The first-order valence-electron chi connectivity index (χ1n) is 8.93. The summed E-state index contributed by atoms with van der Waals surface area (Å²) in [6.07, 6.45) is 1.31. The molecule has 0 heterocycles. The predicted octanol–water partition coefficient (Wildman–Crippen LogP) is 4.09. The number of amides is 2. The van der Waals surface area contributed by atoms with Crippen molar-refractivity contribution in [3.05, 3.63) is 48.5 Å². The van der Waals surface area contributed by atoms with Crippen LogP contribution in [0.15, 0.2) is 48.5 Å². The van der Waals surface area contributed by atoms with Crippen LogP contribution in [0.25, 0.3) is 0 Å². The second-order valence-corrected chi connectivity index (χ2v) is 6.55. The van der Waals surface area contributed by atoms with Crippen molar-refractivity contribution in [1.29, 1.82) is 0 Å². The molecule has 0 radical (unpaired) electrons. The Labute approximate surface area is 159 Å². The quantitative estimate of drug-likeness (QED) is 0.697. The van der Waals surface area contributed by atoms with Gasteiger partial charge >= 0.3 is 0 Å². The minimum Gasteiger partial charge on any atom is -0.493 e. The summed E-state index contributed by atoms with van der Waals surface area (Å²) < 4.78 is 10.7. The van der Waals surface area contributed by atoms with Gasteiger partial charge in [-0.15, -0.1) is 0 Å². The lowest BCUT2D eigenvalue weighted by Gasteiger charge is -2.11. The van der Waals surface area contributed by atoms with Crippen LogP contribution in [-0.4, -0.2) is 25.5 Å². The van der Waals surface area contributed by atoms with Crippen molar-refractivity contribution in [3.8, 4) is 11.5 Å². The highest BCUT2D eigenvalue weighted by molar-refractivity contribution is 5.94. The fourth-order valence-electron chi connectivity index (χ4n) is 2.40. The third kappa shape index (κ3) is 7.01. The fourth-order valence-corrected chi connectivity index (χ4v) is 2.40. The van der Waals surface area contributed by atoms with E-state index in [1.54, 1.807) is 49.6 Å². The average Bonchev–Trinajstić information content (AvgIpc) is 2.65. The number of hydrogen-bond donors (Lipinski definition) is 2. The van der Waals surface area contributed by atoms with Crippen LogP contribution in [0.5, 0.6) is 11.5 Å². The van der Waals surface area contributed by atoms with E-state index in [-0.39, 0.29) is 18.4 Å². The number of carbonyl (C=O) groups is 2. The van der Waals surface area contributed by atoms with Gasteiger partial charge in [0.25, 0.3) is 5.91 Å².